The van der Waals surface area contributed by atoms with Crippen molar-refractivity contribution in [2.24, 2.45) is 11.8 Å². The number of rotatable bonds is 6. The van der Waals surface area contributed by atoms with Gasteiger partial charge >= 0.3 is 5.97 Å². The Kier molecular flexibility index (Phi) is 4.13. The molecular formula is C10H17NO5S. The SMILES string of the molecule is CCS(=O)(=O)C[C@H](C)NC(=O)[C@H]1C[C@@H]1C(=O)O. The summed E-state index contributed by atoms with van der Waals surface area (Å²) in [5.41, 5.74) is 0. The van der Waals surface area contributed by atoms with Gasteiger partial charge in [-0.25, -0.2) is 8.42 Å². The molecule has 0 bridgehead atoms. The third kappa shape index (κ3) is 3.99. The molecule has 0 aromatic heterocycles. The van der Waals surface area contributed by atoms with E-state index in [0.29, 0.717) is 6.42 Å². The molecule has 0 heterocycles. The van der Waals surface area contributed by atoms with Crippen molar-refractivity contribution in [3.05, 3.63) is 0 Å². The second kappa shape index (κ2) is 5.03. The van der Waals surface area contributed by atoms with E-state index in [2.05, 4.69) is 5.32 Å². The van der Waals surface area contributed by atoms with Crippen LogP contribution in [0.25, 0.3) is 0 Å². The van der Waals surface area contributed by atoms with Gasteiger partial charge in [-0.2, -0.15) is 0 Å². The van der Waals surface area contributed by atoms with Gasteiger partial charge in [-0.15, -0.1) is 0 Å². The highest BCUT2D eigenvalue weighted by Gasteiger charge is 2.48. The Balaban J connectivity index is 2.40. The van der Waals surface area contributed by atoms with Crippen molar-refractivity contribution < 1.29 is 23.1 Å². The topological polar surface area (TPSA) is 101 Å². The molecule has 17 heavy (non-hydrogen) atoms. The van der Waals surface area contributed by atoms with Crippen LogP contribution in [0.5, 0.6) is 0 Å². The Morgan fingerprint density at radius 1 is 1.41 bits per heavy atom. The molecule has 0 spiro atoms. The molecule has 7 heteroatoms. The minimum absolute atomic E-state index is 0.0361. The van der Waals surface area contributed by atoms with Crippen LogP contribution in [0.4, 0.5) is 0 Å². The highest BCUT2D eigenvalue weighted by molar-refractivity contribution is 7.91. The highest BCUT2D eigenvalue weighted by atomic mass is 32.2. The minimum atomic E-state index is -3.13. The fraction of sp³-hybridized carbons (Fsp3) is 0.800. The summed E-state index contributed by atoms with van der Waals surface area (Å²) in [7, 11) is -3.13. The Labute approximate surface area is 100 Å². The molecule has 0 radical (unpaired) electrons. The lowest BCUT2D eigenvalue weighted by Gasteiger charge is -2.13. The molecule has 0 saturated heterocycles. The van der Waals surface area contributed by atoms with Crippen molar-refractivity contribution in [2.45, 2.75) is 26.3 Å². The first-order chi connectivity index (χ1) is 7.76. The molecule has 0 unspecified atom stereocenters. The number of carbonyl (C=O) groups is 2. The smallest absolute Gasteiger partial charge is 0.307 e. The van der Waals surface area contributed by atoms with Crippen LogP contribution < -0.4 is 5.32 Å². The minimum Gasteiger partial charge on any atom is -0.481 e. The first-order valence-corrected chi connectivity index (χ1v) is 7.32. The number of carbonyl (C=O) groups excluding carboxylic acids is 1. The number of carboxylic acids is 1. The maximum atomic E-state index is 11.5. The molecule has 1 saturated carbocycles. The van der Waals surface area contributed by atoms with E-state index in [-0.39, 0.29) is 17.4 Å². The highest BCUT2D eigenvalue weighted by Crippen LogP contribution is 2.38. The Hall–Kier alpha value is -1.11. The van der Waals surface area contributed by atoms with E-state index in [4.69, 9.17) is 5.11 Å². The van der Waals surface area contributed by atoms with Crippen molar-refractivity contribution in [3.63, 3.8) is 0 Å². The van der Waals surface area contributed by atoms with Crippen LogP contribution in [-0.4, -0.2) is 42.9 Å². The molecule has 1 aliphatic rings. The standard InChI is InChI=1S/C10H17NO5S/c1-3-17(15,16)5-6(2)11-9(12)7-4-8(7)10(13)14/h6-8H,3-5H2,1-2H3,(H,11,12)(H,13,14)/t6-,7-,8-/m0/s1. The van der Waals surface area contributed by atoms with Crippen molar-refractivity contribution in [3.8, 4) is 0 Å². The largest absolute Gasteiger partial charge is 0.481 e. The molecule has 2 N–H and O–H groups in total. The second-order valence-corrected chi connectivity index (χ2v) is 6.79. The van der Waals surface area contributed by atoms with Crippen LogP contribution in [-0.2, 0) is 19.4 Å². The van der Waals surface area contributed by atoms with Gasteiger partial charge in [-0.05, 0) is 13.3 Å². The average molecular weight is 263 g/mol. The quantitative estimate of drug-likeness (QED) is 0.682. The summed E-state index contributed by atoms with van der Waals surface area (Å²) >= 11 is 0. The summed E-state index contributed by atoms with van der Waals surface area (Å²) in [4.78, 5) is 22.1. The molecule has 1 rings (SSSR count). The summed E-state index contributed by atoms with van der Waals surface area (Å²) in [5.74, 6) is -2.52. The normalized spacial score (nSPS) is 25.1. The van der Waals surface area contributed by atoms with Crippen molar-refractivity contribution in [1.82, 2.24) is 5.32 Å². The molecule has 1 aliphatic carbocycles. The number of sulfone groups is 1. The molecule has 98 valence electrons. The lowest BCUT2D eigenvalue weighted by Crippen LogP contribution is -2.39. The molecule has 1 fully saturated rings. The first-order valence-electron chi connectivity index (χ1n) is 5.50. The van der Waals surface area contributed by atoms with E-state index in [1.165, 1.54) is 0 Å². The zero-order valence-corrected chi connectivity index (χ0v) is 10.7. The molecule has 0 aromatic carbocycles. The van der Waals surface area contributed by atoms with E-state index in [1.54, 1.807) is 13.8 Å². The molecule has 1 amide bonds. The zero-order valence-electron chi connectivity index (χ0n) is 9.84. The van der Waals surface area contributed by atoms with Crippen molar-refractivity contribution >= 4 is 21.7 Å². The van der Waals surface area contributed by atoms with E-state index >= 15 is 0 Å². The maximum absolute atomic E-state index is 11.5. The Bertz CT molecular complexity index is 416. The van der Waals surface area contributed by atoms with Crippen LogP contribution in [0.2, 0.25) is 0 Å². The molecule has 3 atom stereocenters. The Morgan fingerprint density at radius 3 is 2.41 bits per heavy atom. The van der Waals surface area contributed by atoms with Gasteiger partial charge in [-0.1, -0.05) is 6.92 Å². The fourth-order valence-electron chi connectivity index (χ4n) is 1.65. The van der Waals surface area contributed by atoms with Gasteiger partial charge in [0.05, 0.1) is 17.6 Å². The zero-order chi connectivity index (χ0) is 13.2. The number of aliphatic carboxylic acids is 1. The number of hydrogen-bond donors (Lipinski definition) is 2. The van der Waals surface area contributed by atoms with Gasteiger partial charge in [0.15, 0.2) is 9.84 Å². The summed E-state index contributed by atoms with van der Waals surface area (Å²) in [6, 6.07) is -0.484. The molecule has 0 aliphatic heterocycles. The van der Waals surface area contributed by atoms with E-state index in [9.17, 15) is 18.0 Å². The first kappa shape index (κ1) is 14.0. The van der Waals surface area contributed by atoms with Crippen molar-refractivity contribution in [2.75, 3.05) is 11.5 Å². The van der Waals surface area contributed by atoms with Crippen LogP contribution >= 0.6 is 0 Å². The van der Waals surface area contributed by atoms with Crippen LogP contribution in [0.15, 0.2) is 0 Å². The maximum Gasteiger partial charge on any atom is 0.307 e. The summed E-state index contributed by atoms with van der Waals surface area (Å²) in [6.07, 6.45) is 0.342. The molecular weight excluding hydrogens is 246 g/mol. The van der Waals surface area contributed by atoms with Crippen LogP contribution in [0.3, 0.4) is 0 Å². The second-order valence-electron chi connectivity index (χ2n) is 4.40. The number of amides is 1. The van der Waals surface area contributed by atoms with Gasteiger partial charge in [0.25, 0.3) is 0 Å². The lowest BCUT2D eigenvalue weighted by atomic mass is 10.3. The van der Waals surface area contributed by atoms with E-state index in [0.717, 1.165) is 0 Å². The van der Waals surface area contributed by atoms with E-state index < -0.39 is 33.7 Å². The summed E-state index contributed by atoms with van der Waals surface area (Å²) in [6.45, 7) is 3.15. The summed E-state index contributed by atoms with van der Waals surface area (Å²) in [5, 5.41) is 11.2. The van der Waals surface area contributed by atoms with Gasteiger partial charge in [0.1, 0.15) is 0 Å². The van der Waals surface area contributed by atoms with Gasteiger partial charge in [-0.3, -0.25) is 9.59 Å². The predicted octanol–water partition coefficient (Wildman–Crippen LogP) is -0.353. The Morgan fingerprint density at radius 2 is 2.00 bits per heavy atom. The average Bonchev–Trinajstić information content (AvgIpc) is 2.95. The molecule has 6 nitrogen and oxygen atoms in total. The summed E-state index contributed by atoms with van der Waals surface area (Å²) < 4.78 is 22.6. The van der Waals surface area contributed by atoms with Crippen LogP contribution in [0.1, 0.15) is 20.3 Å². The third-order valence-electron chi connectivity index (χ3n) is 2.78. The molecule has 0 aromatic rings. The predicted molar refractivity (Wildman–Crippen MR) is 61.2 cm³/mol. The van der Waals surface area contributed by atoms with Crippen molar-refractivity contribution in [1.29, 1.82) is 0 Å². The van der Waals surface area contributed by atoms with Crippen LogP contribution in [0, 0.1) is 11.8 Å². The third-order valence-corrected chi connectivity index (χ3v) is 4.66. The number of hydrogen-bond acceptors (Lipinski definition) is 4. The van der Waals surface area contributed by atoms with E-state index in [1.807, 2.05) is 0 Å². The number of nitrogens with one attached hydrogen (secondary N) is 1. The number of carboxylic acid groups (broad SMARTS) is 1. The van der Waals surface area contributed by atoms with Gasteiger partial charge < -0.3 is 10.4 Å². The monoisotopic (exact) mass is 263 g/mol. The fourth-order valence-corrected chi connectivity index (χ4v) is 2.73. The van der Waals surface area contributed by atoms with Gasteiger partial charge in [0.2, 0.25) is 5.91 Å². The van der Waals surface area contributed by atoms with Gasteiger partial charge in [0, 0.05) is 11.8 Å². The lowest BCUT2D eigenvalue weighted by molar-refractivity contribution is -0.140.